The molecule has 0 amide bonds. The van der Waals surface area contributed by atoms with Crippen LogP contribution in [0.4, 0.5) is 0 Å². The summed E-state index contributed by atoms with van der Waals surface area (Å²) in [6, 6.07) is 9.75. The van der Waals surface area contributed by atoms with E-state index < -0.39 is 5.60 Å². The number of para-hydroxylation sites is 1. The van der Waals surface area contributed by atoms with Gasteiger partial charge in [0.05, 0.1) is 5.60 Å². The Bertz CT molecular complexity index is 298. The normalized spacial score (nSPS) is 14.3. The van der Waals surface area contributed by atoms with Crippen molar-refractivity contribution < 1.29 is 9.84 Å². The van der Waals surface area contributed by atoms with Gasteiger partial charge in [-0.05, 0) is 25.5 Å². The number of hydrogen-bond donors (Lipinski definition) is 2. The number of aliphatic hydroxyl groups is 1. The summed E-state index contributed by atoms with van der Waals surface area (Å²) in [5, 5.41) is 13.1. The quantitative estimate of drug-likeness (QED) is 0.681. The van der Waals surface area contributed by atoms with E-state index in [0.29, 0.717) is 13.2 Å². The van der Waals surface area contributed by atoms with Crippen LogP contribution in [0, 0.1) is 0 Å². The van der Waals surface area contributed by atoms with Crippen molar-refractivity contribution in [3.63, 3.8) is 0 Å². The molecular formula is C14H23NO2. The fourth-order valence-electron chi connectivity index (χ4n) is 1.74. The third-order valence-electron chi connectivity index (χ3n) is 2.59. The molecule has 1 aromatic carbocycles. The minimum absolute atomic E-state index is 0.610. The largest absolute Gasteiger partial charge is 0.492 e. The Kier molecular flexibility index (Phi) is 6.01. The van der Waals surface area contributed by atoms with Gasteiger partial charge in [-0.15, -0.1) is 0 Å². The molecule has 96 valence electrons. The molecule has 0 aliphatic heterocycles. The molecule has 0 heterocycles. The van der Waals surface area contributed by atoms with E-state index >= 15 is 0 Å². The van der Waals surface area contributed by atoms with Gasteiger partial charge in [0.15, 0.2) is 0 Å². The highest BCUT2D eigenvalue weighted by Crippen LogP contribution is 2.10. The van der Waals surface area contributed by atoms with Gasteiger partial charge in [0.1, 0.15) is 12.4 Å². The predicted molar refractivity (Wildman–Crippen MR) is 70.3 cm³/mol. The summed E-state index contributed by atoms with van der Waals surface area (Å²) in [7, 11) is 0. The SMILES string of the molecule is CCC[C@](C)(O)CNCCOc1ccccc1. The van der Waals surface area contributed by atoms with Crippen molar-refractivity contribution in [1.82, 2.24) is 5.32 Å². The topological polar surface area (TPSA) is 41.5 Å². The Morgan fingerprint density at radius 1 is 1.29 bits per heavy atom. The summed E-state index contributed by atoms with van der Waals surface area (Å²) in [6.45, 7) is 5.91. The average molecular weight is 237 g/mol. The summed E-state index contributed by atoms with van der Waals surface area (Å²) in [4.78, 5) is 0. The van der Waals surface area contributed by atoms with Crippen molar-refractivity contribution in [2.45, 2.75) is 32.3 Å². The second kappa shape index (κ2) is 7.30. The van der Waals surface area contributed by atoms with Gasteiger partial charge >= 0.3 is 0 Å². The van der Waals surface area contributed by atoms with Crippen molar-refractivity contribution in [1.29, 1.82) is 0 Å². The summed E-state index contributed by atoms with van der Waals surface area (Å²) in [6.07, 6.45) is 1.81. The van der Waals surface area contributed by atoms with E-state index in [1.165, 1.54) is 0 Å². The van der Waals surface area contributed by atoms with Crippen LogP contribution in [0.25, 0.3) is 0 Å². The molecule has 0 aromatic heterocycles. The number of benzene rings is 1. The smallest absolute Gasteiger partial charge is 0.119 e. The van der Waals surface area contributed by atoms with Crippen molar-refractivity contribution >= 4 is 0 Å². The molecule has 0 saturated carbocycles. The first-order valence-corrected chi connectivity index (χ1v) is 6.25. The van der Waals surface area contributed by atoms with E-state index in [1.807, 2.05) is 37.3 Å². The zero-order valence-electron chi connectivity index (χ0n) is 10.8. The lowest BCUT2D eigenvalue weighted by Gasteiger charge is -2.23. The molecule has 1 rings (SSSR count). The van der Waals surface area contributed by atoms with Crippen LogP contribution >= 0.6 is 0 Å². The monoisotopic (exact) mass is 237 g/mol. The molecule has 17 heavy (non-hydrogen) atoms. The minimum Gasteiger partial charge on any atom is -0.492 e. The van der Waals surface area contributed by atoms with Crippen molar-refractivity contribution in [3.05, 3.63) is 30.3 Å². The summed E-state index contributed by atoms with van der Waals surface area (Å²) in [5.74, 6) is 0.884. The van der Waals surface area contributed by atoms with Crippen molar-refractivity contribution in [3.8, 4) is 5.75 Å². The van der Waals surface area contributed by atoms with Crippen LogP contribution in [-0.4, -0.2) is 30.4 Å². The molecule has 1 atom stereocenters. The molecule has 0 radical (unpaired) electrons. The number of rotatable bonds is 8. The lowest BCUT2D eigenvalue weighted by Crippen LogP contribution is -2.39. The van der Waals surface area contributed by atoms with Crippen molar-refractivity contribution in [2.75, 3.05) is 19.7 Å². The van der Waals surface area contributed by atoms with Crippen molar-refractivity contribution in [2.24, 2.45) is 0 Å². The maximum atomic E-state index is 9.93. The Labute approximate surface area is 104 Å². The molecule has 0 spiro atoms. The lowest BCUT2D eigenvalue weighted by atomic mass is 10.0. The molecule has 3 nitrogen and oxygen atoms in total. The second-order valence-corrected chi connectivity index (χ2v) is 4.59. The van der Waals surface area contributed by atoms with E-state index in [9.17, 15) is 5.11 Å². The van der Waals surface area contributed by atoms with E-state index in [1.54, 1.807) is 0 Å². The summed E-state index contributed by atoms with van der Waals surface area (Å²) in [5.41, 5.74) is -0.610. The van der Waals surface area contributed by atoms with Crippen LogP contribution in [0.15, 0.2) is 30.3 Å². The van der Waals surface area contributed by atoms with Gasteiger partial charge in [0.25, 0.3) is 0 Å². The highest BCUT2D eigenvalue weighted by atomic mass is 16.5. The van der Waals surface area contributed by atoms with Gasteiger partial charge in [-0.25, -0.2) is 0 Å². The molecule has 0 fully saturated rings. The fraction of sp³-hybridized carbons (Fsp3) is 0.571. The predicted octanol–water partition coefficient (Wildman–Crippen LogP) is 2.21. The number of nitrogens with one attached hydrogen (secondary N) is 1. The molecule has 0 aliphatic carbocycles. The second-order valence-electron chi connectivity index (χ2n) is 4.59. The first-order valence-electron chi connectivity index (χ1n) is 6.25. The summed E-state index contributed by atoms with van der Waals surface area (Å²) < 4.78 is 5.54. The van der Waals surface area contributed by atoms with E-state index in [4.69, 9.17) is 4.74 Å². The van der Waals surface area contributed by atoms with Crippen LogP contribution in [0.2, 0.25) is 0 Å². The van der Waals surface area contributed by atoms with E-state index in [0.717, 1.165) is 25.1 Å². The third-order valence-corrected chi connectivity index (χ3v) is 2.59. The number of hydrogen-bond acceptors (Lipinski definition) is 3. The molecule has 3 heteroatoms. The Morgan fingerprint density at radius 3 is 2.65 bits per heavy atom. The third kappa shape index (κ3) is 6.29. The van der Waals surface area contributed by atoms with Gasteiger partial charge in [0, 0.05) is 13.1 Å². The highest BCUT2D eigenvalue weighted by molar-refractivity contribution is 5.20. The standard InChI is InChI=1S/C14H23NO2/c1-3-9-14(2,16)12-15-10-11-17-13-7-5-4-6-8-13/h4-8,15-16H,3,9-12H2,1-2H3/t14-/m0/s1. The Hall–Kier alpha value is -1.06. The van der Waals surface area contributed by atoms with Crippen LogP contribution in [-0.2, 0) is 0 Å². The molecule has 0 unspecified atom stereocenters. The van der Waals surface area contributed by atoms with Gasteiger partial charge < -0.3 is 15.2 Å². The number of ether oxygens (including phenoxy) is 1. The van der Waals surface area contributed by atoms with Gasteiger partial charge in [-0.3, -0.25) is 0 Å². The average Bonchev–Trinajstić information content (AvgIpc) is 2.30. The molecule has 2 N–H and O–H groups in total. The van der Waals surface area contributed by atoms with Gasteiger partial charge in [-0.2, -0.15) is 0 Å². The Morgan fingerprint density at radius 2 is 2.00 bits per heavy atom. The first-order chi connectivity index (χ1) is 8.14. The zero-order chi connectivity index (χ0) is 12.6. The highest BCUT2D eigenvalue weighted by Gasteiger charge is 2.17. The molecule has 0 aliphatic rings. The van der Waals surface area contributed by atoms with Crippen LogP contribution in [0.5, 0.6) is 5.75 Å². The molecule has 0 saturated heterocycles. The maximum Gasteiger partial charge on any atom is 0.119 e. The molecule has 1 aromatic rings. The Balaban J connectivity index is 2.09. The fourth-order valence-corrected chi connectivity index (χ4v) is 1.74. The lowest BCUT2D eigenvalue weighted by molar-refractivity contribution is 0.0494. The van der Waals surface area contributed by atoms with Crippen LogP contribution in [0.3, 0.4) is 0 Å². The summed E-state index contributed by atoms with van der Waals surface area (Å²) >= 11 is 0. The van der Waals surface area contributed by atoms with Crippen LogP contribution < -0.4 is 10.1 Å². The van der Waals surface area contributed by atoms with Gasteiger partial charge in [0.2, 0.25) is 0 Å². The van der Waals surface area contributed by atoms with Gasteiger partial charge in [-0.1, -0.05) is 31.5 Å². The molecule has 0 bridgehead atoms. The van der Waals surface area contributed by atoms with Crippen LogP contribution in [0.1, 0.15) is 26.7 Å². The van der Waals surface area contributed by atoms with E-state index in [-0.39, 0.29) is 0 Å². The first kappa shape index (κ1) is 14.0. The molecular weight excluding hydrogens is 214 g/mol. The maximum absolute atomic E-state index is 9.93. The van der Waals surface area contributed by atoms with E-state index in [2.05, 4.69) is 12.2 Å². The minimum atomic E-state index is -0.610. The zero-order valence-corrected chi connectivity index (χ0v) is 10.8.